The molecule has 0 spiro atoms. The van der Waals surface area contributed by atoms with E-state index in [0.717, 1.165) is 176 Å². The Kier molecular flexibility index (Phi) is 33.8. The number of carbonyl (C=O) groups is 2. The number of nitriles is 1. The summed E-state index contributed by atoms with van der Waals surface area (Å²) in [6.07, 6.45) is 6.88. The fraction of sp³-hybridized carbons (Fsp3) is 0.402. The van der Waals surface area contributed by atoms with Gasteiger partial charge in [0.25, 0.3) is 0 Å². The number of benzene rings is 4. The lowest BCUT2D eigenvalue weighted by atomic mass is 9.85. The summed E-state index contributed by atoms with van der Waals surface area (Å²) in [5.74, 6) is 5.01. The molecule has 43 heteroatoms. The fourth-order valence-corrected chi connectivity index (χ4v) is 17.5. The second-order valence-electron chi connectivity index (χ2n) is 34.4. The lowest BCUT2D eigenvalue weighted by molar-refractivity contribution is -0.208. The number of hydrogen-bond donors (Lipinski definition) is 15. The molecule has 17 N–H and O–H groups in total. The normalized spacial score (nSPS) is 15.6. The highest BCUT2D eigenvalue weighted by Crippen LogP contribution is 2.41. The van der Waals surface area contributed by atoms with E-state index in [-0.39, 0.29) is 59.4 Å². The smallest absolute Gasteiger partial charge is 0.382 e. The number of carbonyl (C=O) groups excluding carboxylic acids is 2. The Hall–Kier alpha value is -12.5. The first kappa shape index (κ1) is 99.9. The van der Waals surface area contributed by atoms with Crippen molar-refractivity contribution in [2.45, 2.75) is 163 Å². The standard InChI is InChI=1S/C24H29ClF3N7O.C23H26ClFN8.C23H29ClN8O.C22H26ClFN8O/c1-13-8-19(30-23-29-10-18(25)22(32-23)31-21-9-15(3)33-34-21)14(2)7-17(13)16-5-4-6-35(11-16)12-20(36)24(26,27)28;1-14-10-20(19(25)12-17(14)16-4-8-33(9-5-16)7-3-6-26)28-23-27-13-18(24)22(30-23)29-21-11-15(2)31-32-21;1-13-9-19(14(2)8-17(13)16-4-6-32(7-5-16)12-20(25)33)27-23-26-11-18(24)22(29-23)28-21-10-15(3)30-31-21;1-12-7-18(17(24)9-15(12)14-3-5-32(6-4-14)11-19(25)33)27-22-26-10-16(23)21(29-22)28-20-8-13(2)30-31-20/h7-10,16,20,36H,4-6,11-12H2,1-3H3,(H3,29,30,31,32,33,34);10-13,16H,3-5,7-9H2,1-2H3,(H3,27,28,29,30,31,32);8-11,16H,4-7,12H2,1-3H3,(H2,25,33)(H3,26,27,28,29,30,31);7-10,14H,3-6,11H2,1-2H3,(H2,25,33)(H3,26,27,28,29,30,31)/t16?,20-;;;/m0.../s1. The van der Waals surface area contributed by atoms with Crippen LogP contribution in [0.4, 0.5) is 115 Å². The number of aromatic nitrogens is 16. The van der Waals surface area contributed by atoms with Crippen LogP contribution in [-0.2, 0) is 9.59 Å². The van der Waals surface area contributed by atoms with Crippen molar-refractivity contribution >= 4 is 151 Å². The topological polar surface area (TPSA) is 457 Å². The minimum absolute atomic E-state index is 0.0897. The quantitative estimate of drug-likeness (QED) is 0.0203. The van der Waals surface area contributed by atoms with E-state index in [0.29, 0.717) is 122 Å². The Morgan fingerprint density at radius 3 is 1.04 bits per heavy atom. The van der Waals surface area contributed by atoms with E-state index in [1.165, 1.54) is 29.7 Å². The average molecular weight is 1930 g/mol. The number of anilines is 16. The SMILES string of the molecule is Cc1cc(Nc2nc(Nc3cc(C)c(C4CCCN(C[C@H](O)C(F)(F)F)C4)cc3C)ncc2Cl)n[nH]1.Cc1cc(Nc2nc(Nc3cc(C)c(C4CCN(CC(N)=O)CC4)cc3C)ncc2Cl)n[nH]1.Cc1cc(Nc2nc(Nc3cc(C)c(C4CCN(CC(N)=O)CC4)cc3F)ncc2Cl)n[nH]1.Cc1cc(Nc2nc(Nc3cc(C)c(C4CCN(CCC#N)CC4)cc3F)ncc2Cl)n[nH]1. The van der Waals surface area contributed by atoms with Gasteiger partial charge in [0.1, 0.15) is 31.7 Å². The number of aromatic amines is 4. The number of aliphatic hydroxyl groups excluding tert-OH is 1. The average Bonchev–Trinajstić information content (AvgIpc) is 1.54. The van der Waals surface area contributed by atoms with Gasteiger partial charge < -0.3 is 64.0 Å². The lowest BCUT2D eigenvalue weighted by Gasteiger charge is -2.35. The molecule has 0 radical (unpaired) electrons. The van der Waals surface area contributed by atoms with Crippen molar-refractivity contribution in [3.05, 3.63) is 208 Å². The number of nitrogens with two attached hydrogens (primary N) is 2. The summed E-state index contributed by atoms with van der Waals surface area (Å²) in [6.45, 7) is 26.9. The monoisotopic (exact) mass is 1930 g/mol. The molecule has 1 unspecified atom stereocenters. The molecule has 4 aliphatic heterocycles. The highest BCUT2D eigenvalue weighted by atomic mass is 35.5. The van der Waals surface area contributed by atoms with Gasteiger partial charge in [-0.05, 0) is 282 Å². The number of piperidine rings is 4. The highest BCUT2D eigenvalue weighted by molar-refractivity contribution is 6.34. The Labute approximate surface area is 798 Å². The molecular formula is C92H110Cl4F5N31O3. The summed E-state index contributed by atoms with van der Waals surface area (Å²) in [5.41, 5.74) is 27.4. The Bertz CT molecular complexity index is 5980. The summed E-state index contributed by atoms with van der Waals surface area (Å²) in [4.78, 5) is 65.2. The van der Waals surface area contributed by atoms with Crippen LogP contribution in [0.15, 0.2) is 97.6 Å². The van der Waals surface area contributed by atoms with Gasteiger partial charge in [0.2, 0.25) is 35.6 Å². The van der Waals surface area contributed by atoms with Crippen LogP contribution in [-0.4, -0.2) is 208 Å². The van der Waals surface area contributed by atoms with Crippen LogP contribution in [0.5, 0.6) is 0 Å². The minimum atomic E-state index is -4.61. The van der Waals surface area contributed by atoms with E-state index in [1.807, 2.05) is 90.6 Å². The van der Waals surface area contributed by atoms with Crippen molar-refractivity contribution in [3.63, 3.8) is 0 Å². The number of β-amino-alcohol motifs (C(OH)–C–C–N with tert-alkyl or cyclic N) is 1. The Balaban J connectivity index is 0.000000153. The summed E-state index contributed by atoms with van der Waals surface area (Å²) in [7, 11) is 0. The molecule has 0 saturated carbocycles. The zero-order valence-corrected chi connectivity index (χ0v) is 79.4. The third-order valence-corrected chi connectivity index (χ3v) is 25.0. The van der Waals surface area contributed by atoms with Crippen molar-refractivity contribution in [1.29, 1.82) is 5.26 Å². The largest absolute Gasteiger partial charge is 0.415 e. The van der Waals surface area contributed by atoms with E-state index in [2.05, 4.69) is 171 Å². The minimum Gasteiger partial charge on any atom is -0.382 e. The number of aliphatic hydroxyl groups is 1. The van der Waals surface area contributed by atoms with Gasteiger partial charge in [-0.15, -0.1) is 0 Å². The van der Waals surface area contributed by atoms with Crippen molar-refractivity contribution < 1.29 is 36.6 Å². The number of H-pyrrole nitrogens is 4. The first-order valence-electron chi connectivity index (χ1n) is 44.2. The van der Waals surface area contributed by atoms with Gasteiger partial charge in [-0.2, -0.15) is 58.8 Å². The van der Waals surface area contributed by atoms with E-state index >= 15 is 8.78 Å². The third kappa shape index (κ3) is 27.9. The molecule has 0 bridgehead atoms. The molecule has 34 nitrogen and oxygen atoms in total. The number of halogens is 9. The molecule has 2 amide bonds. The highest BCUT2D eigenvalue weighted by Gasteiger charge is 2.40. The number of primary amides is 2. The van der Waals surface area contributed by atoms with Crippen LogP contribution in [0.25, 0.3) is 0 Å². The molecule has 16 rings (SSSR count). The Morgan fingerprint density at radius 1 is 0.430 bits per heavy atom. The van der Waals surface area contributed by atoms with Gasteiger partial charge in [-0.1, -0.05) is 58.5 Å². The van der Waals surface area contributed by atoms with E-state index in [9.17, 15) is 27.9 Å². The van der Waals surface area contributed by atoms with Crippen molar-refractivity contribution in [2.24, 2.45) is 11.5 Å². The second kappa shape index (κ2) is 45.7. The number of nitrogens with one attached hydrogen (secondary N) is 12. The van der Waals surface area contributed by atoms with Crippen LogP contribution < -0.4 is 54.0 Å². The van der Waals surface area contributed by atoms with Gasteiger partial charge in [0.15, 0.2) is 52.6 Å². The number of amides is 2. The number of likely N-dealkylation sites (tertiary alicyclic amines) is 4. The molecule has 12 aromatic rings. The molecule has 4 aromatic carbocycles. The van der Waals surface area contributed by atoms with Crippen LogP contribution in [0.1, 0.15) is 160 Å². The molecule has 0 aliphatic carbocycles. The first-order valence-corrected chi connectivity index (χ1v) is 45.7. The summed E-state index contributed by atoms with van der Waals surface area (Å²) in [5, 5.41) is 72.3. The maximum absolute atomic E-state index is 15.0. The summed E-state index contributed by atoms with van der Waals surface area (Å²) in [6, 6.07) is 24.7. The number of nitrogens with zero attached hydrogens (tertiary/aromatic N) is 17. The van der Waals surface area contributed by atoms with Crippen LogP contribution >= 0.6 is 46.4 Å². The zero-order chi connectivity index (χ0) is 96.5. The van der Waals surface area contributed by atoms with Gasteiger partial charge >= 0.3 is 6.18 Å². The van der Waals surface area contributed by atoms with Crippen molar-refractivity contribution in [3.8, 4) is 6.07 Å². The second-order valence-corrected chi connectivity index (χ2v) is 36.1. The maximum Gasteiger partial charge on any atom is 0.415 e. The third-order valence-electron chi connectivity index (χ3n) is 23.8. The van der Waals surface area contributed by atoms with Crippen LogP contribution in [0.2, 0.25) is 20.1 Å². The number of rotatable bonds is 28. The first-order chi connectivity index (χ1) is 64.5. The van der Waals surface area contributed by atoms with Gasteiger partial charge in [-0.25, -0.2) is 28.7 Å². The molecule has 714 valence electrons. The Morgan fingerprint density at radius 2 is 0.733 bits per heavy atom. The summed E-state index contributed by atoms with van der Waals surface area (Å²) < 4.78 is 68.5. The van der Waals surface area contributed by atoms with Gasteiger partial charge in [0.05, 0.1) is 55.3 Å². The van der Waals surface area contributed by atoms with Crippen molar-refractivity contribution in [1.82, 2.24) is 100 Å². The van der Waals surface area contributed by atoms with Crippen molar-refractivity contribution in [2.75, 3.05) is 121 Å². The maximum atomic E-state index is 15.0. The molecule has 12 heterocycles. The van der Waals surface area contributed by atoms with E-state index < -0.39 is 18.8 Å². The predicted molar refractivity (Wildman–Crippen MR) is 516 cm³/mol. The van der Waals surface area contributed by atoms with Gasteiger partial charge in [-0.3, -0.25) is 44.7 Å². The molecule has 4 fully saturated rings. The van der Waals surface area contributed by atoms with Crippen LogP contribution in [0.3, 0.4) is 0 Å². The molecule has 8 aromatic heterocycles. The number of aryl methyl sites for hydroxylation is 10. The predicted octanol–water partition coefficient (Wildman–Crippen LogP) is 18.2. The lowest BCUT2D eigenvalue weighted by Crippen LogP contribution is -2.44. The van der Waals surface area contributed by atoms with E-state index in [1.54, 1.807) is 35.4 Å². The molecule has 2 atom stereocenters. The van der Waals surface area contributed by atoms with Gasteiger partial charge in [0, 0.05) is 84.5 Å². The molecule has 4 saturated heterocycles. The molecule has 135 heavy (non-hydrogen) atoms. The number of alkyl halides is 3. The zero-order valence-electron chi connectivity index (χ0n) is 76.4. The number of hydrogen-bond acceptors (Lipinski definition) is 28. The van der Waals surface area contributed by atoms with E-state index in [4.69, 9.17) is 63.1 Å². The molecular weight excluding hydrogens is 1820 g/mol. The fourth-order valence-electron chi connectivity index (χ4n) is 17.0. The molecule has 4 aliphatic rings. The summed E-state index contributed by atoms with van der Waals surface area (Å²) >= 11 is 24.9. The van der Waals surface area contributed by atoms with Crippen LogP contribution in [0, 0.1) is 92.2 Å².